The predicted octanol–water partition coefficient (Wildman–Crippen LogP) is 1.91. The summed E-state index contributed by atoms with van der Waals surface area (Å²) in [6.07, 6.45) is 0. The molecule has 5 heteroatoms. The Kier molecular flexibility index (Phi) is 13.2. The normalized spacial score (nSPS) is 8.14. The van der Waals surface area contributed by atoms with Crippen LogP contribution in [0.3, 0.4) is 0 Å². The van der Waals surface area contributed by atoms with Gasteiger partial charge in [0.2, 0.25) is 0 Å². The third-order valence-electron chi connectivity index (χ3n) is 0. The smallest absolute Gasteiger partial charge is 0.147 e. The quantitative estimate of drug-likeness (QED) is 0.592. The molecule has 0 saturated heterocycles. The van der Waals surface area contributed by atoms with Crippen LogP contribution >= 0.6 is 29.2 Å². The Hall–Kier alpha value is 1.69. The molecule has 0 aromatic rings. The summed E-state index contributed by atoms with van der Waals surface area (Å²) in [4.78, 5) is 0. The molecule has 0 unspecified atom stereocenters. The summed E-state index contributed by atoms with van der Waals surface area (Å²) in [7, 11) is 0. The summed E-state index contributed by atoms with van der Waals surface area (Å²) in [5.74, 6) is 0. The summed E-state index contributed by atoms with van der Waals surface area (Å²) in [6, 6.07) is 0. The molecule has 0 saturated carbocycles. The molecular formula is C2H8Cl2OPZr. The molecule has 0 aliphatic heterocycles. The van der Waals surface area contributed by atoms with E-state index in [-0.39, 0.29) is 24.8 Å². The number of hydrogen-bond acceptors (Lipinski definition) is 1. The van der Waals surface area contributed by atoms with E-state index in [1.807, 2.05) is 0 Å². The van der Waals surface area contributed by atoms with E-state index in [0.29, 0.717) is 0 Å². The van der Waals surface area contributed by atoms with Gasteiger partial charge in [-0.3, -0.25) is 0 Å². The summed E-state index contributed by atoms with van der Waals surface area (Å²) in [6.45, 7) is 3.57. The summed E-state index contributed by atoms with van der Waals surface area (Å²) >= 11 is 1.17. The van der Waals surface area contributed by atoms with Crippen LogP contribution in [0.4, 0.5) is 0 Å². The first-order chi connectivity index (χ1) is 2.00. The van der Waals surface area contributed by atoms with Crippen molar-refractivity contribution >= 4 is 29.2 Å². The van der Waals surface area contributed by atoms with Gasteiger partial charge in [0.1, 0.15) is 0 Å². The molecule has 0 aromatic heterocycles. The van der Waals surface area contributed by atoms with Crippen molar-refractivity contribution in [2.45, 2.75) is 0 Å². The third-order valence-corrected chi connectivity index (χ3v) is 0. The van der Waals surface area contributed by atoms with Gasteiger partial charge in [0, 0.05) is 0 Å². The van der Waals surface area contributed by atoms with Crippen molar-refractivity contribution in [3.05, 3.63) is 0 Å². The Labute approximate surface area is 70.9 Å². The number of rotatable bonds is 0. The molecule has 0 aromatic carbocycles. The predicted molar refractivity (Wildman–Crippen MR) is 34.0 cm³/mol. The van der Waals surface area contributed by atoms with Crippen LogP contribution in [0.15, 0.2) is 0 Å². The van der Waals surface area contributed by atoms with E-state index in [1.54, 1.807) is 13.3 Å². The van der Waals surface area contributed by atoms with E-state index in [1.165, 1.54) is 24.1 Å². The third kappa shape index (κ3) is 87.0. The van der Waals surface area contributed by atoms with Crippen LogP contribution in [0.2, 0.25) is 0 Å². The molecule has 0 bridgehead atoms. The Morgan fingerprint density at radius 2 is 1.29 bits per heavy atom. The van der Waals surface area contributed by atoms with Crippen molar-refractivity contribution in [3.63, 3.8) is 0 Å². The minimum atomic E-state index is -1.55. The molecule has 0 atom stereocenters. The second-order valence-corrected chi connectivity index (χ2v) is 12.0. The first-order valence-corrected chi connectivity index (χ1v) is 7.20. The SMILES string of the molecule is C[P](C)(=O)[Zr].Cl.Cl. The summed E-state index contributed by atoms with van der Waals surface area (Å²) < 4.78 is 8.71. The Bertz CT molecular complexity index is 61.8. The van der Waals surface area contributed by atoms with Gasteiger partial charge in [-0.2, -0.15) is 0 Å². The van der Waals surface area contributed by atoms with Gasteiger partial charge in [-0.1, -0.05) is 0 Å². The van der Waals surface area contributed by atoms with Gasteiger partial charge >= 0.3 is 46.5 Å². The molecule has 45 valence electrons. The van der Waals surface area contributed by atoms with Crippen LogP contribution in [0, 0.1) is 0 Å². The van der Waals surface area contributed by atoms with Crippen molar-refractivity contribution in [3.8, 4) is 0 Å². The maximum absolute atomic E-state index is 10.3. The standard InChI is InChI=1S/C2H6OP.2ClH.Zr/c1-4(2)3;;;/h1-2H3;2*1H;/q+1;;;-1. The van der Waals surface area contributed by atoms with E-state index < -0.39 is 4.43 Å². The van der Waals surface area contributed by atoms with E-state index in [2.05, 4.69) is 0 Å². The van der Waals surface area contributed by atoms with E-state index in [4.69, 9.17) is 0 Å². The minimum Gasteiger partial charge on any atom is -0.147 e. The van der Waals surface area contributed by atoms with Crippen LogP contribution in [0.1, 0.15) is 0 Å². The average Bonchev–Trinajstić information content (AvgIpc) is 0.722. The molecule has 0 radical (unpaired) electrons. The maximum Gasteiger partial charge on any atom is -0.147 e. The van der Waals surface area contributed by atoms with Gasteiger partial charge < -0.3 is 0 Å². The average molecular weight is 241 g/mol. The Morgan fingerprint density at radius 3 is 1.29 bits per heavy atom. The number of halogens is 2. The van der Waals surface area contributed by atoms with Crippen molar-refractivity contribution in [2.75, 3.05) is 13.3 Å². The second kappa shape index (κ2) is 5.82. The molecule has 0 spiro atoms. The molecule has 1 nitrogen and oxygen atoms in total. The van der Waals surface area contributed by atoms with Crippen molar-refractivity contribution < 1.29 is 28.7 Å². The van der Waals surface area contributed by atoms with Gasteiger partial charge in [0.15, 0.2) is 0 Å². The van der Waals surface area contributed by atoms with Crippen LogP contribution in [0.5, 0.6) is 0 Å². The molecular weight excluding hydrogens is 233 g/mol. The van der Waals surface area contributed by atoms with Crippen molar-refractivity contribution in [1.82, 2.24) is 0 Å². The zero-order chi connectivity index (χ0) is 4.50. The zero-order valence-corrected chi connectivity index (χ0v) is 9.16. The molecule has 0 amide bonds. The largest absolute Gasteiger partial charge is 0.147 e. The van der Waals surface area contributed by atoms with Gasteiger partial charge in [0.05, 0.1) is 0 Å². The summed E-state index contributed by atoms with van der Waals surface area (Å²) in [5.41, 5.74) is 0. The fourth-order valence-corrected chi connectivity index (χ4v) is 0. The molecule has 7 heavy (non-hydrogen) atoms. The Balaban J connectivity index is -0.0000000800. The first kappa shape index (κ1) is 15.9. The Morgan fingerprint density at radius 1 is 1.29 bits per heavy atom. The maximum atomic E-state index is 10.3. The van der Waals surface area contributed by atoms with Crippen LogP contribution in [-0.2, 0) is 28.7 Å². The molecule has 0 fully saturated rings. The molecule has 0 aliphatic rings. The molecule has 0 aliphatic carbocycles. The number of hydrogen-bond donors (Lipinski definition) is 0. The van der Waals surface area contributed by atoms with Gasteiger partial charge in [-0.25, -0.2) is 0 Å². The van der Waals surface area contributed by atoms with Crippen LogP contribution < -0.4 is 0 Å². The molecule has 0 N–H and O–H groups in total. The fraction of sp³-hybridized carbons (Fsp3) is 1.00. The second-order valence-electron chi connectivity index (χ2n) is 1.35. The first-order valence-electron chi connectivity index (χ1n) is 1.30. The topological polar surface area (TPSA) is 17.1 Å². The van der Waals surface area contributed by atoms with Crippen molar-refractivity contribution in [2.24, 2.45) is 0 Å². The summed E-state index contributed by atoms with van der Waals surface area (Å²) in [5, 5.41) is 0. The van der Waals surface area contributed by atoms with E-state index in [9.17, 15) is 4.57 Å². The van der Waals surface area contributed by atoms with Gasteiger partial charge in [-0.05, 0) is 0 Å². The van der Waals surface area contributed by atoms with Gasteiger partial charge in [-0.15, -0.1) is 24.8 Å². The van der Waals surface area contributed by atoms with Crippen LogP contribution in [0.25, 0.3) is 0 Å². The van der Waals surface area contributed by atoms with Crippen LogP contribution in [-0.4, -0.2) is 13.3 Å². The van der Waals surface area contributed by atoms with Crippen molar-refractivity contribution in [1.29, 1.82) is 0 Å². The van der Waals surface area contributed by atoms with Gasteiger partial charge in [0.25, 0.3) is 0 Å². The minimum absolute atomic E-state index is 0. The fourth-order valence-electron chi connectivity index (χ4n) is 0. The molecule has 0 rings (SSSR count). The van der Waals surface area contributed by atoms with E-state index >= 15 is 0 Å². The monoisotopic (exact) mass is 239 g/mol. The molecule has 0 heterocycles. The zero-order valence-electron chi connectivity index (χ0n) is 4.17. The van der Waals surface area contributed by atoms with E-state index in [0.717, 1.165) is 0 Å².